The number of aliphatic carboxylic acids is 1. The Labute approximate surface area is 151 Å². The number of benzene rings is 1. The van der Waals surface area contributed by atoms with Crippen LogP contribution < -0.4 is 10.1 Å². The van der Waals surface area contributed by atoms with E-state index in [0.29, 0.717) is 31.6 Å². The molecule has 1 aromatic rings. The molecular weight excluding hydrogens is 348 g/mol. The summed E-state index contributed by atoms with van der Waals surface area (Å²) in [5.41, 5.74) is 0.479. The molecule has 0 spiro atoms. The molecule has 0 radical (unpaired) electrons. The smallest absolute Gasteiger partial charge is 0.341 e. The molecule has 8 heteroatoms. The molecule has 0 saturated heterocycles. The van der Waals surface area contributed by atoms with E-state index in [0.717, 1.165) is 0 Å². The third kappa shape index (κ3) is 7.43. The molecular formula is C17H23ClN2O5. The number of amides is 2. The first-order valence-corrected chi connectivity index (χ1v) is 8.46. The van der Waals surface area contributed by atoms with Crippen molar-refractivity contribution >= 4 is 35.1 Å². The van der Waals surface area contributed by atoms with Gasteiger partial charge in [-0.25, -0.2) is 4.79 Å². The molecule has 0 fully saturated rings. The molecule has 0 aromatic heterocycles. The summed E-state index contributed by atoms with van der Waals surface area (Å²) in [7, 11) is 0. The molecule has 2 N–H and O–H groups in total. The van der Waals surface area contributed by atoms with Crippen molar-refractivity contribution in [3.8, 4) is 5.75 Å². The number of carbonyl (C=O) groups is 3. The number of nitrogens with one attached hydrogen (secondary N) is 1. The van der Waals surface area contributed by atoms with Crippen LogP contribution in [0.25, 0.3) is 0 Å². The van der Waals surface area contributed by atoms with Crippen molar-refractivity contribution in [1.82, 2.24) is 4.90 Å². The van der Waals surface area contributed by atoms with E-state index in [2.05, 4.69) is 5.32 Å². The van der Waals surface area contributed by atoms with Gasteiger partial charge >= 0.3 is 5.97 Å². The lowest BCUT2D eigenvalue weighted by Crippen LogP contribution is -2.30. The lowest BCUT2D eigenvalue weighted by molar-refractivity contribution is -0.139. The Hall–Kier alpha value is -2.28. The largest absolute Gasteiger partial charge is 0.480 e. The van der Waals surface area contributed by atoms with E-state index in [1.807, 2.05) is 13.8 Å². The number of carboxylic acid groups (broad SMARTS) is 1. The predicted octanol–water partition coefficient (Wildman–Crippen LogP) is 2.78. The third-order valence-corrected chi connectivity index (χ3v) is 3.77. The highest BCUT2D eigenvalue weighted by atomic mass is 35.5. The second-order valence-electron chi connectivity index (χ2n) is 5.30. The monoisotopic (exact) mass is 370 g/mol. The number of hydrogen-bond acceptors (Lipinski definition) is 4. The van der Waals surface area contributed by atoms with Gasteiger partial charge in [-0.15, -0.1) is 0 Å². The molecule has 0 saturated carbocycles. The summed E-state index contributed by atoms with van der Waals surface area (Å²) < 4.78 is 5.01. The Bertz CT molecular complexity index is 617. The van der Waals surface area contributed by atoms with Crippen LogP contribution in [0.15, 0.2) is 18.2 Å². The van der Waals surface area contributed by atoms with Gasteiger partial charge in [0.2, 0.25) is 11.8 Å². The van der Waals surface area contributed by atoms with Crippen molar-refractivity contribution < 1.29 is 24.2 Å². The first-order valence-electron chi connectivity index (χ1n) is 8.09. The fraction of sp³-hybridized carbons (Fsp3) is 0.471. The van der Waals surface area contributed by atoms with Gasteiger partial charge in [-0.2, -0.15) is 0 Å². The van der Waals surface area contributed by atoms with Gasteiger partial charge < -0.3 is 20.1 Å². The molecule has 0 unspecified atom stereocenters. The van der Waals surface area contributed by atoms with Crippen LogP contribution >= 0.6 is 11.6 Å². The lowest BCUT2D eigenvalue weighted by Gasteiger charge is -2.18. The Morgan fingerprint density at radius 3 is 2.44 bits per heavy atom. The van der Waals surface area contributed by atoms with E-state index in [1.165, 1.54) is 12.1 Å². The van der Waals surface area contributed by atoms with Crippen molar-refractivity contribution in [1.29, 1.82) is 0 Å². The van der Waals surface area contributed by atoms with Crippen molar-refractivity contribution in [2.75, 3.05) is 25.0 Å². The van der Waals surface area contributed by atoms with Crippen LogP contribution in [0, 0.1) is 0 Å². The molecule has 1 aromatic carbocycles. The first-order chi connectivity index (χ1) is 11.9. The van der Waals surface area contributed by atoms with E-state index in [-0.39, 0.29) is 29.0 Å². The molecule has 7 nitrogen and oxygen atoms in total. The molecule has 0 aliphatic carbocycles. The molecule has 2 amide bonds. The summed E-state index contributed by atoms with van der Waals surface area (Å²) >= 11 is 5.99. The van der Waals surface area contributed by atoms with Crippen molar-refractivity contribution in [3.63, 3.8) is 0 Å². The highest BCUT2D eigenvalue weighted by molar-refractivity contribution is 6.32. The van der Waals surface area contributed by atoms with Crippen molar-refractivity contribution in [2.24, 2.45) is 0 Å². The van der Waals surface area contributed by atoms with Crippen LogP contribution in [0.3, 0.4) is 0 Å². The van der Waals surface area contributed by atoms with Gasteiger partial charge in [0.1, 0.15) is 5.75 Å². The molecule has 0 aliphatic heterocycles. The molecule has 25 heavy (non-hydrogen) atoms. The van der Waals surface area contributed by atoms with E-state index >= 15 is 0 Å². The normalized spacial score (nSPS) is 10.2. The first kappa shape index (κ1) is 20.8. The molecule has 138 valence electrons. The van der Waals surface area contributed by atoms with Crippen LogP contribution in [0.5, 0.6) is 5.75 Å². The Balaban J connectivity index is 2.45. The standard InChI is InChI=1S/C17H23ClN2O5/c1-3-20(4-2)16(22)7-5-6-15(21)19-12-8-9-14(13(18)10-12)25-11-17(23)24/h8-10H,3-7,11H2,1-2H3,(H,19,21)(H,23,24). The third-order valence-electron chi connectivity index (χ3n) is 3.48. The second-order valence-corrected chi connectivity index (χ2v) is 5.70. The fourth-order valence-electron chi connectivity index (χ4n) is 2.19. The van der Waals surface area contributed by atoms with Crippen molar-refractivity contribution in [3.05, 3.63) is 23.2 Å². The van der Waals surface area contributed by atoms with Crippen molar-refractivity contribution in [2.45, 2.75) is 33.1 Å². The topological polar surface area (TPSA) is 95.9 Å². The summed E-state index contributed by atoms with van der Waals surface area (Å²) in [6, 6.07) is 4.55. The quantitative estimate of drug-likeness (QED) is 0.660. The van der Waals surface area contributed by atoms with Crippen LogP contribution in [0.1, 0.15) is 33.1 Å². The Morgan fingerprint density at radius 1 is 1.20 bits per heavy atom. The maximum Gasteiger partial charge on any atom is 0.341 e. The van der Waals surface area contributed by atoms with E-state index in [4.69, 9.17) is 21.4 Å². The van der Waals surface area contributed by atoms with E-state index in [1.54, 1.807) is 11.0 Å². The number of nitrogens with zero attached hydrogens (tertiary/aromatic N) is 1. The summed E-state index contributed by atoms with van der Waals surface area (Å²) in [6.07, 6.45) is 1.02. The average Bonchev–Trinajstić information content (AvgIpc) is 2.55. The number of ether oxygens (including phenoxy) is 1. The molecule has 0 bridgehead atoms. The van der Waals surface area contributed by atoms with Gasteiger partial charge in [0.15, 0.2) is 6.61 Å². The summed E-state index contributed by atoms with van der Waals surface area (Å²) in [5, 5.41) is 11.5. The molecule has 0 heterocycles. The highest BCUT2D eigenvalue weighted by Crippen LogP contribution is 2.27. The van der Waals surface area contributed by atoms with Gasteiger partial charge in [0.25, 0.3) is 0 Å². The number of carboxylic acids is 1. The van der Waals surface area contributed by atoms with Gasteiger partial charge in [-0.1, -0.05) is 11.6 Å². The molecule has 0 aliphatic rings. The zero-order valence-electron chi connectivity index (χ0n) is 14.4. The van der Waals surface area contributed by atoms with Gasteiger partial charge in [0, 0.05) is 31.6 Å². The van der Waals surface area contributed by atoms with E-state index < -0.39 is 12.6 Å². The molecule has 1 rings (SSSR count). The number of halogens is 1. The summed E-state index contributed by atoms with van der Waals surface area (Å²) in [5.74, 6) is -1.05. The number of rotatable bonds is 10. The SMILES string of the molecule is CCN(CC)C(=O)CCCC(=O)Nc1ccc(OCC(=O)O)c(Cl)c1. The minimum atomic E-state index is -1.10. The molecule has 0 atom stereocenters. The minimum Gasteiger partial charge on any atom is -0.480 e. The van der Waals surface area contributed by atoms with Crippen LogP contribution in [0.4, 0.5) is 5.69 Å². The zero-order valence-corrected chi connectivity index (χ0v) is 15.1. The number of carbonyl (C=O) groups excluding carboxylic acids is 2. The van der Waals surface area contributed by atoms with E-state index in [9.17, 15) is 14.4 Å². The lowest BCUT2D eigenvalue weighted by atomic mass is 10.2. The van der Waals surface area contributed by atoms with Crippen LogP contribution in [-0.4, -0.2) is 47.5 Å². The highest BCUT2D eigenvalue weighted by Gasteiger charge is 2.11. The predicted molar refractivity (Wildman–Crippen MR) is 95.0 cm³/mol. The van der Waals surface area contributed by atoms with Gasteiger partial charge in [-0.3, -0.25) is 9.59 Å². The maximum atomic E-state index is 11.9. The maximum absolute atomic E-state index is 11.9. The van der Waals surface area contributed by atoms with Gasteiger partial charge in [-0.05, 0) is 38.5 Å². The second kappa shape index (κ2) is 10.6. The number of hydrogen-bond donors (Lipinski definition) is 2. The average molecular weight is 371 g/mol. The summed E-state index contributed by atoms with van der Waals surface area (Å²) in [6.45, 7) is 4.67. The Kier molecular flexibility index (Phi) is 8.77. The summed E-state index contributed by atoms with van der Waals surface area (Å²) in [4.78, 5) is 36.0. The number of anilines is 1. The van der Waals surface area contributed by atoms with Crippen LogP contribution in [-0.2, 0) is 14.4 Å². The fourth-order valence-corrected chi connectivity index (χ4v) is 2.43. The zero-order chi connectivity index (χ0) is 18.8. The Morgan fingerprint density at radius 2 is 1.88 bits per heavy atom. The minimum absolute atomic E-state index is 0.0424. The van der Waals surface area contributed by atoms with Crippen LogP contribution in [0.2, 0.25) is 5.02 Å². The van der Waals surface area contributed by atoms with Gasteiger partial charge in [0.05, 0.1) is 5.02 Å².